The number of carbonyl (C=O) groups is 2. The van der Waals surface area contributed by atoms with Gasteiger partial charge in [-0.2, -0.15) is 0 Å². The lowest BCUT2D eigenvalue weighted by atomic mass is 10.0. The minimum absolute atomic E-state index is 0.132. The second kappa shape index (κ2) is 12.4. The molecule has 0 atom stereocenters. The summed E-state index contributed by atoms with van der Waals surface area (Å²) in [5.41, 5.74) is 5.09. The molecule has 0 radical (unpaired) electrons. The van der Waals surface area contributed by atoms with E-state index in [1.165, 1.54) is 34.2 Å². The van der Waals surface area contributed by atoms with Crippen molar-refractivity contribution in [2.45, 2.75) is 38.0 Å². The Morgan fingerprint density at radius 3 is 2.47 bits per heavy atom. The van der Waals surface area contributed by atoms with Gasteiger partial charge in [-0.25, -0.2) is 0 Å². The van der Waals surface area contributed by atoms with Crippen LogP contribution >= 0.6 is 23.1 Å². The summed E-state index contributed by atoms with van der Waals surface area (Å²) < 4.78 is 5.94. The quantitative estimate of drug-likeness (QED) is 0.332. The molecule has 0 spiro atoms. The molecule has 3 rings (SSSR count). The van der Waals surface area contributed by atoms with Crippen LogP contribution < -0.4 is 20.7 Å². The summed E-state index contributed by atoms with van der Waals surface area (Å²) in [6.45, 7) is 6.04. The van der Waals surface area contributed by atoms with Crippen molar-refractivity contribution in [3.05, 3.63) is 53.1 Å². The molecule has 10 heteroatoms. The van der Waals surface area contributed by atoms with Crippen molar-refractivity contribution in [2.24, 2.45) is 0 Å². The number of amides is 2. The van der Waals surface area contributed by atoms with Crippen molar-refractivity contribution in [3.63, 3.8) is 0 Å². The van der Waals surface area contributed by atoms with Crippen LogP contribution in [0.4, 0.5) is 16.5 Å². The van der Waals surface area contributed by atoms with E-state index in [0.29, 0.717) is 20.9 Å². The molecule has 2 amide bonds. The summed E-state index contributed by atoms with van der Waals surface area (Å²) in [4.78, 5) is 24.5. The average molecular weight is 500 g/mol. The van der Waals surface area contributed by atoms with Crippen LogP contribution in [0.3, 0.4) is 0 Å². The third kappa shape index (κ3) is 6.94. The number of aryl methyl sites for hydroxylation is 3. The molecule has 0 aliphatic heterocycles. The number of thioether (sulfide) groups is 1. The first kappa shape index (κ1) is 25.5. The van der Waals surface area contributed by atoms with E-state index in [4.69, 9.17) is 4.74 Å². The Hall–Kier alpha value is -3.11. The third-order valence-corrected chi connectivity index (χ3v) is 7.01. The number of hydrogen-bond acceptors (Lipinski definition) is 8. The Morgan fingerprint density at radius 2 is 1.79 bits per heavy atom. The lowest BCUT2D eigenvalue weighted by Crippen LogP contribution is -2.34. The normalized spacial score (nSPS) is 10.6. The number of aromatic nitrogens is 2. The van der Waals surface area contributed by atoms with Gasteiger partial charge in [0.2, 0.25) is 16.9 Å². The number of carbonyl (C=O) groups excluding carboxylic acids is 2. The molecule has 1 heterocycles. The molecule has 2 aromatic carbocycles. The van der Waals surface area contributed by atoms with Crippen LogP contribution in [-0.4, -0.2) is 41.4 Å². The number of methoxy groups -OCH3 is 1. The van der Waals surface area contributed by atoms with E-state index in [9.17, 15) is 9.59 Å². The summed E-state index contributed by atoms with van der Waals surface area (Å²) in [6.07, 6.45) is 1.84. The van der Waals surface area contributed by atoms with Gasteiger partial charge >= 0.3 is 0 Å². The molecule has 3 N–H and O–H groups in total. The molecule has 3 aromatic rings. The smallest absolute Gasteiger partial charge is 0.243 e. The van der Waals surface area contributed by atoms with E-state index in [2.05, 4.69) is 58.2 Å². The van der Waals surface area contributed by atoms with Gasteiger partial charge in [0, 0.05) is 5.69 Å². The summed E-state index contributed by atoms with van der Waals surface area (Å²) in [5, 5.41) is 17.9. The van der Waals surface area contributed by atoms with Crippen LogP contribution in [0.25, 0.3) is 0 Å². The van der Waals surface area contributed by atoms with Crippen molar-refractivity contribution in [1.29, 1.82) is 0 Å². The molecular weight excluding hydrogens is 470 g/mol. The van der Waals surface area contributed by atoms with Gasteiger partial charge < -0.3 is 20.7 Å². The number of para-hydroxylation sites is 1. The zero-order valence-corrected chi connectivity index (χ0v) is 21.4. The second-order valence-electron chi connectivity index (χ2n) is 7.47. The minimum atomic E-state index is -0.328. The van der Waals surface area contributed by atoms with Gasteiger partial charge in [-0.3, -0.25) is 9.59 Å². The number of hydrogen-bond donors (Lipinski definition) is 3. The fourth-order valence-electron chi connectivity index (χ4n) is 3.30. The maximum Gasteiger partial charge on any atom is 0.243 e. The van der Waals surface area contributed by atoms with E-state index >= 15 is 0 Å². The highest BCUT2D eigenvalue weighted by Crippen LogP contribution is 2.31. The summed E-state index contributed by atoms with van der Waals surface area (Å²) in [5.74, 6) is 0.118. The van der Waals surface area contributed by atoms with Crippen molar-refractivity contribution >= 4 is 51.4 Å². The van der Waals surface area contributed by atoms with Gasteiger partial charge in [0.25, 0.3) is 0 Å². The largest absolute Gasteiger partial charge is 0.495 e. The van der Waals surface area contributed by atoms with E-state index in [-0.39, 0.29) is 24.1 Å². The second-order valence-corrected chi connectivity index (χ2v) is 9.67. The predicted molar refractivity (Wildman–Crippen MR) is 138 cm³/mol. The van der Waals surface area contributed by atoms with Gasteiger partial charge in [0.1, 0.15) is 5.75 Å². The summed E-state index contributed by atoms with van der Waals surface area (Å²) >= 11 is 2.68. The number of nitrogens with one attached hydrogen (secondary N) is 3. The van der Waals surface area contributed by atoms with Gasteiger partial charge in [-0.05, 0) is 48.6 Å². The fourth-order valence-corrected chi connectivity index (χ4v) is 4.89. The highest BCUT2D eigenvalue weighted by atomic mass is 32.2. The van der Waals surface area contributed by atoms with E-state index in [1.807, 2.05) is 19.1 Å². The summed E-state index contributed by atoms with van der Waals surface area (Å²) in [7, 11) is 1.54. The van der Waals surface area contributed by atoms with E-state index in [0.717, 1.165) is 24.1 Å². The molecule has 0 saturated carbocycles. The van der Waals surface area contributed by atoms with Crippen LogP contribution in [0.5, 0.6) is 5.75 Å². The molecule has 0 unspecified atom stereocenters. The highest BCUT2D eigenvalue weighted by Gasteiger charge is 2.13. The van der Waals surface area contributed by atoms with E-state index < -0.39 is 0 Å². The minimum Gasteiger partial charge on any atom is -0.495 e. The maximum absolute atomic E-state index is 12.2. The number of rotatable bonds is 11. The van der Waals surface area contributed by atoms with Gasteiger partial charge in [0.15, 0.2) is 4.34 Å². The first-order chi connectivity index (χ1) is 16.4. The zero-order chi connectivity index (χ0) is 24.5. The number of anilines is 3. The fraction of sp³-hybridized carbons (Fsp3) is 0.333. The maximum atomic E-state index is 12.2. The lowest BCUT2D eigenvalue weighted by molar-refractivity contribution is -0.122. The van der Waals surface area contributed by atoms with Crippen molar-refractivity contribution in [1.82, 2.24) is 15.5 Å². The standard InChI is InChI=1S/C24H29N5O3S2/c1-5-16-8-7-9-17(6-2)22(16)27-23-28-29-24(34-23)33-14-21(31)25-13-20(30)26-18-12-15(3)10-11-19(18)32-4/h7-12H,5-6,13-14H2,1-4H3,(H,25,31)(H,26,30)(H,27,28). The number of nitrogens with zero attached hydrogens (tertiary/aromatic N) is 2. The van der Waals surface area contributed by atoms with E-state index in [1.54, 1.807) is 13.2 Å². The molecule has 34 heavy (non-hydrogen) atoms. The lowest BCUT2D eigenvalue weighted by Gasteiger charge is -2.13. The highest BCUT2D eigenvalue weighted by molar-refractivity contribution is 8.01. The molecule has 0 aliphatic carbocycles. The Labute approximate surface area is 207 Å². The molecular formula is C24H29N5O3S2. The van der Waals surface area contributed by atoms with Crippen LogP contribution in [-0.2, 0) is 22.4 Å². The predicted octanol–water partition coefficient (Wildman–Crippen LogP) is 4.57. The van der Waals surface area contributed by atoms with Crippen LogP contribution in [0, 0.1) is 6.92 Å². The van der Waals surface area contributed by atoms with Crippen molar-refractivity contribution in [3.8, 4) is 5.75 Å². The number of benzene rings is 2. The Bertz CT molecular complexity index is 1130. The average Bonchev–Trinajstić information content (AvgIpc) is 3.29. The van der Waals surface area contributed by atoms with Crippen molar-refractivity contribution in [2.75, 3.05) is 30.0 Å². The van der Waals surface area contributed by atoms with Crippen LogP contribution in [0.1, 0.15) is 30.5 Å². The first-order valence-corrected chi connectivity index (χ1v) is 12.8. The van der Waals surface area contributed by atoms with Crippen LogP contribution in [0.15, 0.2) is 40.7 Å². The van der Waals surface area contributed by atoms with Gasteiger partial charge in [0.05, 0.1) is 25.1 Å². The van der Waals surface area contributed by atoms with Gasteiger partial charge in [-0.1, -0.05) is 61.2 Å². The Morgan fingerprint density at radius 1 is 1.06 bits per heavy atom. The van der Waals surface area contributed by atoms with Crippen molar-refractivity contribution < 1.29 is 14.3 Å². The SMILES string of the molecule is CCc1cccc(CC)c1Nc1nnc(SCC(=O)NCC(=O)Nc2cc(C)ccc2OC)s1. The number of ether oxygens (including phenoxy) is 1. The molecule has 0 fully saturated rings. The Kier molecular flexibility index (Phi) is 9.29. The topological polar surface area (TPSA) is 105 Å². The summed E-state index contributed by atoms with van der Waals surface area (Å²) in [6, 6.07) is 11.8. The molecule has 180 valence electrons. The molecule has 1 aromatic heterocycles. The molecule has 0 aliphatic rings. The zero-order valence-electron chi connectivity index (χ0n) is 19.7. The molecule has 0 bridgehead atoms. The monoisotopic (exact) mass is 499 g/mol. The Balaban J connectivity index is 1.48. The first-order valence-electron chi connectivity index (χ1n) is 11.0. The van der Waals surface area contributed by atoms with Gasteiger partial charge in [-0.15, -0.1) is 10.2 Å². The molecule has 0 saturated heterocycles. The van der Waals surface area contributed by atoms with Crippen LogP contribution in [0.2, 0.25) is 0 Å². The molecule has 8 nitrogen and oxygen atoms in total. The third-order valence-electron chi connectivity index (χ3n) is 5.04.